The zero-order valence-corrected chi connectivity index (χ0v) is 14.3. The number of benzene rings is 3. The maximum atomic E-state index is 5.66. The maximum Gasteiger partial charge on any atom is 0.119 e. The molecular weight excluding hydrogens is 296 g/mol. The molecule has 122 valence electrons. The molecule has 3 rings (SSSR count). The molecule has 0 aliphatic heterocycles. The average molecular weight is 318 g/mol. The van der Waals surface area contributed by atoms with E-state index in [0.29, 0.717) is 0 Å². The minimum Gasteiger partial charge on any atom is -0.491 e. The van der Waals surface area contributed by atoms with Gasteiger partial charge in [0.05, 0.1) is 11.8 Å². The monoisotopic (exact) mass is 318 g/mol. The van der Waals surface area contributed by atoms with Crippen molar-refractivity contribution in [2.45, 2.75) is 26.9 Å². The van der Waals surface area contributed by atoms with Crippen LogP contribution < -0.4 is 10.1 Å². The Morgan fingerprint density at radius 2 is 1.62 bits per heavy atom. The van der Waals surface area contributed by atoms with Gasteiger partial charge in [-0.05, 0) is 56.5 Å². The summed E-state index contributed by atoms with van der Waals surface area (Å²) in [5.41, 5.74) is 1.96. The zero-order chi connectivity index (χ0) is 16.9. The van der Waals surface area contributed by atoms with Gasteiger partial charge in [0.2, 0.25) is 0 Å². The molecule has 0 saturated carbocycles. The largest absolute Gasteiger partial charge is 0.491 e. The van der Waals surface area contributed by atoms with Crippen LogP contribution in [0.15, 0.2) is 71.7 Å². The second-order valence-corrected chi connectivity index (χ2v) is 6.01. The third kappa shape index (κ3) is 3.93. The molecule has 3 nitrogen and oxygen atoms in total. The van der Waals surface area contributed by atoms with Gasteiger partial charge in [-0.25, -0.2) is 4.99 Å². The summed E-state index contributed by atoms with van der Waals surface area (Å²) in [5.74, 6) is 1.73. The molecule has 0 spiro atoms. The second kappa shape index (κ2) is 7.18. The molecule has 3 heteroatoms. The number of anilines is 1. The highest BCUT2D eigenvalue weighted by Gasteiger charge is 2.01. The van der Waals surface area contributed by atoms with Crippen LogP contribution in [0.1, 0.15) is 20.8 Å². The van der Waals surface area contributed by atoms with Crippen LogP contribution in [0, 0.1) is 0 Å². The number of fused-ring (bicyclic) bond motifs is 1. The molecule has 3 aromatic carbocycles. The smallest absolute Gasteiger partial charge is 0.119 e. The summed E-state index contributed by atoms with van der Waals surface area (Å²) in [7, 11) is 0. The van der Waals surface area contributed by atoms with Gasteiger partial charge in [0.1, 0.15) is 11.6 Å². The summed E-state index contributed by atoms with van der Waals surface area (Å²) in [6.45, 7) is 6.01. The molecule has 0 amide bonds. The molecule has 0 aromatic heterocycles. The van der Waals surface area contributed by atoms with E-state index in [9.17, 15) is 0 Å². The Morgan fingerprint density at radius 3 is 2.38 bits per heavy atom. The van der Waals surface area contributed by atoms with E-state index in [0.717, 1.165) is 28.3 Å². The first-order valence-electron chi connectivity index (χ1n) is 8.18. The van der Waals surface area contributed by atoms with Crippen molar-refractivity contribution in [1.29, 1.82) is 0 Å². The van der Waals surface area contributed by atoms with E-state index >= 15 is 0 Å². The summed E-state index contributed by atoms with van der Waals surface area (Å²) in [6, 6.07) is 22.4. The third-order valence-corrected chi connectivity index (χ3v) is 3.61. The molecule has 3 aromatic rings. The maximum absolute atomic E-state index is 5.66. The normalized spacial score (nSPS) is 11.8. The number of rotatable bonds is 4. The van der Waals surface area contributed by atoms with E-state index in [-0.39, 0.29) is 6.10 Å². The van der Waals surface area contributed by atoms with Gasteiger partial charge in [-0.2, -0.15) is 0 Å². The van der Waals surface area contributed by atoms with Gasteiger partial charge < -0.3 is 10.1 Å². The molecule has 0 aliphatic rings. The molecule has 1 N–H and O–H groups in total. The van der Waals surface area contributed by atoms with Crippen LogP contribution in [0.4, 0.5) is 11.4 Å². The molecule has 0 unspecified atom stereocenters. The van der Waals surface area contributed by atoms with E-state index in [1.165, 1.54) is 5.39 Å². The molecule has 24 heavy (non-hydrogen) atoms. The summed E-state index contributed by atoms with van der Waals surface area (Å²) in [5, 5.41) is 5.68. The lowest BCUT2D eigenvalue weighted by atomic mass is 10.1. The van der Waals surface area contributed by atoms with Gasteiger partial charge >= 0.3 is 0 Å². The van der Waals surface area contributed by atoms with Gasteiger partial charge in [0.25, 0.3) is 0 Å². The fourth-order valence-electron chi connectivity index (χ4n) is 2.61. The Morgan fingerprint density at radius 1 is 0.917 bits per heavy atom. The van der Waals surface area contributed by atoms with Crippen molar-refractivity contribution >= 4 is 28.0 Å². The Labute approximate surface area is 143 Å². The van der Waals surface area contributed by atoms with Crippen LogP contribution in [-0.4, -0.2) is 11.9 Å². The van der Waals surface area contributed by atoms with Crippen LogP contribution >= 0.6 is 0 Å². The van der Waals surface area contributed by atoms with E-state index in [4.69, 9.17) is 9.73 Å². The zero-order valence-electron chi connectivity index (χ0n) is 14.3. The van der Waals surface area contributed by atoms with E-state index in [1.807, 2.05) is 69.3 Å². The van der Waals surface area contributed by atoms with Crippen molar-refractivity contribution in [3.05, 3.63) is 66.7 Å². The fourth-order valence-corrected chi connectivity index (χ4v) is 2.61. The predicted molar refractivity (Wildman–Crippen MR) is 103 cm³/mol. The van der Waals surface area contributed by atoms with Crippen molar-refractivity contribution in [3.8, 4) is 5.75 Å². The molecule has 0 radical (unpaired) electrons. The van der Waals surface area contributed by atoms with Crippen molar-refractivity contribution in [3.63, 3.8) is 0 Å². The van der Waals surface area contributed by atoms with Gasteiger partial charge in [0, 0.05) is 11.1 Å². The summed E-state index contributed by atoms with van der Waals surface area (Å²) >= 11 is 0. The number of hydrogen-bond acceptors (Lipinski definition) is 2. The van der Waals surface area contributed by atoms with Crippen LogP contribution in [0.25, 0.3) is 10.8 Å². The highest BCUT2D eigenvalue weighted by Crippen LogP contribution is 2.26. The van der Waals surface area contributed by atoms with Gasteiger partial charge in [0.15, 0.2) is 0 Å². The molecule has 0 saturated heterocycles. The van der Waals surface area contributed by atoms with E-state index in [2.05, 4.69) is 23.5 Å². The molecule has 0 aliphatic carbocycles. The number of aliphatic imine (C=N–C) groups is 1. The standard InChI is InChI=1S/C21H22N2O/c1-15(2)24-19-13-11-18(12-14-19)22-16(3)23-21-10-6-8-17-7-4-5-9-20(17)21/h4-15H,1-3H3,(H,22,23). The quantitative estimate of drug-likeness (QED) is 0.488. The minimum atomic E-state index is 0.179. The first-order valence-corrected chi connectivity index (χ1v) is 8.18. The van der Waals surface area contributed by atoms with Crippen LogP contribution in [0.5, 0.6) is 5.75 Å². The molecule has 0 bridgehead atoms. The number of hydrogen-bond donors (Lipinski definition) is 1. The number of amidine groups is 1. The third-order valence-electron chi connectivity index (χ3n) is 3.61. The molecule has 0 heterocycles. The Kier molecular flexibility index (Phi) is 4.80. The highest BCUT2D eigenvalue weighted by molar-refractivity contribution is 6.00. The lowest BCUT2D eigenvalue weighted by Gasteiger charge is -2.11. The lowest BCUT2D eigenvalue weighted by molar-refractivity contribution is 0.242. The summed E-state index contributed by atoms with van der Waals surface area (Å²) in [6.07, 6.45) is 0.179. The second-order valence-electron chi connectivity index (χ2n) is 6.01. The van der Waals surface area contributed by atoms with E-state index in [1.54, 1.807) is 0 Å². The van der Waals surface area contributed by atoms with Crippen LogP contribution in [-0.2, 0) is 0 Å². The molecule has 0 atom stereocenters. The van der Waals surface area contributed by atoms with Gasteiger partial charge in [-0.3, -0.25) is 0 Å². The number of ether oxygens (including phenoxy) is 1. The Bertz CT molecular complexity index is 846. The lowest BCUT2D eigenvalue weighted by Crippen LogP contribution is -2.07. The van der Waals surface area contributed by atoms with Crippen molar-refractivity contribution in [1.82, 2.24) is 0 Å². The molecule has 0 fully saturated rings. The fraction of sp³-hybridized carbons (Fsp3) is 0.190. The highest BCUT2D eigenvalue weighted by atomic mass is 16.5. The SMILES string of the molecule is CC(=Nc1cccc2ccccc12)Nc1ccc(OC(C)C)cc1. The van der Waals surface area contributed by atoms with Crippen molar-refractivity contribution < 1.29 is 4.74 Å². The minimum absolute atomic E-state index is 0.179. The Balaban J connectivity index is 1.78. The van der Waals surface area contributed by atoms with Crippen molar-refractivity contribution in [2.24, 2.45) is 4.99 Å². The van der Waals surface area contributed by atoms with Crippen molar-refractivity contribution in [2.75, 3.05) is 5.32 Å². The van der Waals surface area contributed by atoms with E-state index < -0.39 is 0 Å². The van der Waals surface area contributed by atoms with Crippen LogP contribution in [0.3, 0.4) is 0 Å². The predicted octanol–water partition coefficient (Wildman–Crippen LogP) is 5.79. The topological polar surface area (TPSA) is 33.6 Å². The number of nitrogens with one attached hydrogen (secondary N) is 1. The first-order chi connectivity index (χ1) is 11.6. The average Bonchev–Trinajstić information content (AvgIpc) is 2.56. The van der Waals surface area contributed by atoms with Gasteiger partial charge in [-0.1, -0.05) is 36.4 Å². The number of nitrogens with zero attached hydrogens (tertiary/aromatic N) is 1. The summed E-state index contributed by atoms with van der Waals surface area (Å²) in [4.78, 5) is 4.73. The molecular formula is C21H22N2O. The summed E-state index contributed by atoms with van der Waals surface area (Å²) < 4.78 is 5.66. The first kappa shape index (κ1) is 16.1. The van der Waals surface area contributed by atoms with Gasteiger partial charge in [-0.15, -0.1) is 0 Å². The van der Waals surface area contributed by atoms with Crippen LogP contribution in [0.2, 0.25) is 0 Å². The Hall–Kier alpha value is -2.81.